The Hall–Kier alpha value is -2.48. The van der Waals surface area contributed by atoms with Gasteiger partial charge in [0.2, 0.25) is 0 Å². The van der Waals surface area contributed by atoms with Crippen molar-refractivity contribution in [1.82, 2.24) is 9.97 Å². The fourth-order valence-corrected chi connectivity index (χ4v) is 1.42. The van der Waals surface area contributed by atoms with Crippen LogP contribution in [-0.2, 0) is 6.42 Å². The van der Waals surface area contributed by atoms with E-state index in [4.69, 9.17) is 11.0 Å². The Morgan fingerprint density at radius 3 is 2.76 bits per heavy atom. The highest BCUT2D eigenvalue weighted by Crippen LogP contribution is 2.12. The minimum atomic E-state index is -0.306. The van der Waals surface area contributed by atoms with Gasteiger partial charge in [0.15, 0.2) is 0 Å². The monoisotopic (exact) mass is 228 g/mol. The summed E-state index contributed by atoms with van der Waals surface area (Å²) in [6.45, 7) is 0. The number of rotatable bonds is 2. The second-order valence-corrected chi connectivity index (χ2v) is 3.47. The first-order chi connectivity index (χ1) is 8.20. The number of nitrogen functional groups attached to an aromatic ring is 1. The molecule has 0 spiro atoms. The zero-order valence-electron chi connectivity index (χ0n) is 8.89. The second-order valence-electron chi connectivity index (χ2n) is 3.47. The van der Waals surface area contributed by atoms with Crippen LogP contribution in [-0.4, -0.2) is 9.97 Å². The Bertz CT molecular complexity index is 589. The molecule has 2 N–H and O–H groups in total. The summed E-state index contributed by atoms with van der Waals surface area (Å²) in [4.78, 5) is 7.92. The van der Waals surface area contributed by atoms with Gasteiger partial charge in [-0.1, -0.05) is 18.2 Å². The van der Waals surface area contributed by atoms with E-state index >= 15 is 0 Å². The average Bonchev–Trinajstić information content (AvgIpc) is 2.32. The fourth-order valence-electron chi connectivity index (χ4n) is 1.42. The number of halogens is 1. The molecular weight excluding hydrogens is 219 g/mol. The van der Waals surface area contributed by atoms with Crippen LogP contribution in [0, 0.1) is 17.1 Å². The third-order valence-electron chi connectivity index (χ3n) is 2.29. The summed E-state index contributed by atoms with van der Waals surface area (Å²) in [6.07, 6.45) is 1.60. The van der Waals surface area contributed by atoms with Crippen LogP contribution < -0.4 is 5.73 Å². The van der Waals surface area contributed by atoms with Gasteiger partial charge in [-0.3, -0.25) is 0 Å². The van der Waals surface area contributed by atoms with Gasteiger partial charge in [-0.15, -0.1) is 0 Å². The van der Waals surface area contributed by atoms with Gasteiger partial charge in [-0.25, -0.2) is 14.4 Å². The molecule has 0 fully saturated rings. The van der Waals surface area contributed by atoms with Crippen molar-refractivity contribution >= 4 is 5.82 Å². The number of hydrogen-bond donors (Lipinski definition) is 1. The molecule has 1 aromatic carbocycles. The summed E-state index contributed by atoms with van der Waals surface area (Å²) in [6, 6.07) is 8.27. The Balaban J connectivity index is 2.29. The first-order valence-electron chi connectivity index (χ1n) is 4.95. The Morgan fingerprint density at radius 1 is 1.35 bits per heavy atom. The van der Waals surface area contributed by atoms with Crippen molar-refractivity contribution in [2.75, 3.05) is 5.73 Å². The maximum Gasteiger partial charge on any atom is 0.145 e. The topological polar surface area (TPSA) is 75.6 Å². The van der Waals surface area contributed by atoms with Gasteiger partial charge in [0, 0.05) is 6.42 Å². The predicted molar refractivity (Wildman–Crippen MR) is 60.4 cm³/mol. The van der Waals surface area contributed by atoms with Crippen LogP contribution in [0.1, 0.15) is 17.0 Å². The highest BCUT2D eigenvalue weighted by molar-refractivity contribution is 5.46. The van der Waals surface area contributed by atoms with E-state index in [1.54, 1.807) is 18.2 Å². The van der Waals surface area contributed by atoms with Crippen LogP contribution in [0.5, 0.6) is 0 Å². The third-order valence-corrected chi connectivity index (χ3v) is 2.29. The van der Waals surface area contributed by atoms with E-state index in [-0.39, 0.29) is 23.6 Å². The Morgan fingerprint density at radius 2 is 2.12 bits per heavy atom. The number of nitriles is 1. The molecule has 0 radical (unpaired) electrons. The summed E-state index contributed by atoms with van der Waals surface area (Å²) in [5.41, 5.74) is 6.28. The highest BCUT2D eigenvalue weighted by Gasteiger charge is 2.07. The molecule has 0 amide bonds. The van der Waals surface area contributed by atoms with Crippen LogP contribution in [0.25, 0.3) is 0 Å². The van der Waals surface area contributed by atoms with Crippen LogP contribution in [0.2, 0.25) is 0 Å². The highest BCUT2D eigenvalue weighted by atomic mass is 19.1. The smallest absolute Gasteiger partial charge is 0.145 e. The molecule has 0 aliphatic carbocycles. The maximum atomic E-state index is 13.4. The molecule has 2 rings (SSSR count). The van der Waals surface area contributed by atoms with Crippen LogP contribution >= 0.6 is 0 Å². The maximum absolute atomic E-state index is 13.4. The summed E-state index contributed by atoms with van der Waals surface area (Å²) in [5.74, 6) is 0.208. The largest absolute Gasteiger partial charge is 0.382 e. The minimum Gasteiger partial charge on any atom is -0.382 e. The quantitative estimate of drug-likeness (QED) is 0.848. The number of hydrogen-bond acceptors (Lipinski definition) is 4. The molecule has 17 heavy (non-hydrogen) atoms. The molecule has 0 saturated carbocycles. The average molecular weight is 228 g/mol. The summed E-state index contributed by atoms with van der Waals surface area (Å²) in [7, 11) is 0. The van der Waals surface area contributed by atoms with Gasteiger partial charge in [-0.2, -0.15) is 5.26 Å². The molecule has 0 unspecified atom stereocenters. The van der Waals surface area contributed by atoms with Crippen LogP contribution in [0.4, 0.5) is 10.2 Å². The van der Waals surface area contributed by atoms with Crippen molar-refractivity contribution < 1.29 is 4.39 Å². The standard InChI is InChI=1S/C12H9FN4/c13-10-4-2-1-3-8(10)5-11-16-7-9(6-14)12(15)17-11/h1-4,7H,5H2,(H2,15,16,17). The lowest BCUT2D eigenvalue weighted by Gasteiger charge is -2.03. The fraction of sp³-hybridized carbons (Fsp3) is 0.0833. The van der Waals surface area contributed by atoms with Crippen LogP contribution in [0.15, 0.2) is 30.5 Å². The third kappa shape index (κ3) is 2.37. The van der Waals surface area contributed by atoms with E-state index in [0.29, 0.717) is 11.4 Å². The van der Waals surface area contributed by atoms with Gasteiger partial charge in [0.05, 0.1) is 6.20 Å². The van der Waals surface area contributed by atoms with Gasteiger partial charge >= 0.3 is 0 Å². The Labute approximate surface area is 97.6 Å². The first-order valence-corrected chi connectivity index (χ1v) is 4.95. The van der Waals surface area contributed by atoms with Crippen LogP contribution in [0.3, 0.4) is 0 Å². The minimum absolute atomic E-state index is 0.119. The number of aromatic nitrogens is 2. The molecule has 4 nitrogen and oxygen atoms in total. The van der Waals surface area contributed by atoms with E-state index < -0.39 is 0 Å². The SMILES string of the molecule is N#Cc1cnc(Cc2ccccc2F)nc1N. The molecule has 0 aliphatic rings. The number of benzene rings is 1. The lowest BCUT2D eigenvalue weighted by Crippen LogP contribution is -2.03. The number of nitrogens with zero attached hydrogens (tertiary/aromatic N) is 3. The zero-order chi connectivity index (χ0) is 12.3. The molecule has 5 heteroatoms. The lowest BCUT2D eigenvalue weighted by atomic mass is 10.1. The summed E-state index contributed by atoms with van der Waals surface area (Å²) < 4.78 is 13.4. The molecule has 0 saturated heterocycles. The van der Waals surface area contributed by atoms with Gasteiger partial charge in [0.1, 0.15) is 29.1 Å². The predicted octanol–water partition coefficient (Wildman–Crippen LogP) is 1.66. The molecule has 84 valence electrons. The van der Waals surface area contributed by atoms with Crippen molar-refractivity contribution in [2.45, 2.75) is 6.42 Å². The molecule has 0 aliphatic heterocycles. The second kappa shape index (κ2) is 4.58. The number of anilines is 1. The van der Waals surface area contributed by atoms with Gasteiger partial charge in [0.25, 0.3) is 0 Å². The molecule has 0 bridgehead atoms. The summed E-state index contributed by atoms with van der Waals surface area (Å²) >= 11 is 0. The molecule has 2 aromatic rings. The normalized spacial score (nSPS) is 9.88. The van der Waals surface area contributed by atoms with Crippen molar-refractivity contribution in [2.24, 2.45) is 0 Å². The Kier molecular flexibility index (Phi) is 2.97. The van der Waals surface area contributed by atoms with E-state index in [9.17, 15) is 4.39 Å². The summed E-state index contributed by atoms with van der Waals surface area (Å²) in [5, 5.41) is 8.67. The molecule has 0 atom stereocenters. The van der Waals surface area contributed by atoms with E-state index in [1.165, 1.54) is 12.3 Å². The van der Waals surface area contributed by atoms with E-state index in [0.717, 1.165) is 0 Å². The number of nitrogens with two attached hydrogens (primary N) is 1. The molecule has 1 aromatic heterocycles. The molecular formula is C12H9FN4. The van der Waals surface area contributed by atoms with Crippen molar-refractivity contribution in [3.8, 4) is 6.07 Å². The van der Waals surface area contributed by atoms with Gasteiger partial charge in [-0.05, 0) is 11.6 Å². The van der Waals surface area contributed by atoms with Gasteiger partial charge < -0.3 is 5.73 Å². The first kappa shape index (κ1) is 11.0. The van der Waals surface area contributed by atoms with E-state index in [2.05, 4.69) is 9.97 Å². The van der Waals surface area contributed by atoms with Crippen molar-refractivity contribution in [3.63, 3.8) is 0 Å². The van der Waals surface area contributed by atoms with E-state index in [1.807, 2.05) is 6.07 Å². The lowest BCUT2D eigenvalue weighted by molar-refractivity contribution is 0.612. The van der Waals surface area contributed by atoms with Crippen molar-refractivity contribution in [3.05, 3.63) is 53.2 Å². The zero-order valence-corrected chi connectivity index (χ0v) is 8.89. The van der Waals surface area contributed by atoms with Crippen molar-refractivity contribution in [1.29, 1.82) is 5.26 Å². The molecule has 1 heterocycles.